The van der Waals surface area contributed by atoms with Gasteiger partial charge in [0.15, 0.2) is 0 Å². The highest BCUT2D eigenvalue weighted by atomic mass is 79.9. The molecular weight excluding hydrogens is 216 g/mol. The zero-order valence-electron chi connectivity index (χ0n) is 6.86. The molecule has 1 unspecified atom stereocenters. The molecule has 2 heteroatoms. The van der Waals surface area contributed by atoms with Gasteiger partial charge in [0.25, 0.3) is 0 Å². The van der Waals surface area contributed by atoms with E-state index >= 15 is 0 Å². The van der Waals surface area contributed by atoms with Gasteiger partial charge in [0.1, 0.15) is 0 Å². The van der Waals surface area contributed by atoms with Crippen molar-refractivity contribution in [1.82, 2.24) is 0 Å². The maximum absolute atomic E-state index is 9.56. The minimum Gasteiger partial charge on any atom is -0.388 e. The summed E-state index contributed by atoms with van der Waals surface area (Å²) in [4.78, 5) is 0. The first-order chi connectivity index (χ1) is 5.38. The van der Waals surface area contributed by atoms with Crippen molar-refractivity contribution in [1.29, 1.82) is 0 Å². The smallest absolute Gasteiger partial charge is 0.0792 e. The first kappa shape index (κ1) is 9.75. The molecule has 0 aromatic heterocycles. The highest BCUT2D eigenvalue weighted by Gasteiger charge is 2.15. The monoisotopic (exact) mass is 228 g/mol. The van der Waals surface area contributed by atoms with E-state index in [1.54, 1.807) is 0 Å². The van der Waals surface area contributed by atoms with Crippen LogP contribution in [0.5, 0.6) is 0 Å². The van der Waals surface area contributed by atoms with Gasteiger partial charge in [-0.2, -0.15) is 0 Å². The highest BCUT2D eigenvalue weighted by Crippen LogP contribution is 2.28. The summed E-state index contributed by atoms with van der Waals surface area (Å²) in [5.74, 6) is 0. The Hall–Kier alpha value is -0.340. The Morgan fingerprint density at radius 2 is 2.00 bits per heavy atom. The molecule has 1 aliphatic rings. The van der Waals surface area contributed by atoms with E-state index in [1.807, 2.05) is 18.2 Å². The largest absolute Gasteiger partial charge is 0.388 e. The Kier molecular flexibility index (Phi) is 3.29. The molecule has 1 aliphatic carbocycles. The van der Waals surface area contributed by atoms with E-state index in [9.17, 15) is 5.11 Å². The zero-order valence-corrected chi connectivity index (χ0v) is 8.58. The van der Waals surface area contributed by atoms with Crippen LogP contribution in [0.3, 0.4) is 0 Å². The Morgan fingerprint density at radius 3 is 2.75 bits per heavy atom. The average Bonchev–Trinajstić information content (AvgIpc) is 2.06. The standard InChI is InChI=1S/C10H12O.BrH/c11-10-7-3-5-8-4-1-2-6-9(8)10;/h1-2,4,6,10-11H,3,5,7H2;1H. The second kappa shape index (κ2) is 4.06. The number of aryl methyl sites for hydroxylation is 1. The molecule has 1 N–H and O–H groups in total. The minimum absolute atomic E-state index is 0. The lowest BCUT2D eigenvalue weighted by Gasteiger charge is -2.20. The summed E-state index contributed by atoms with van der Waals surface area (Å²) in [6.07, 6.45) is 2.97. The number of benzene rings is 1. The van der Waals surface area contributed by atoms with Crippen LogP contribution in [0, 0.1) is 0 Å². The molecule has 0 bridgehead atoms. The van der Waals surface area contributed by atoms with E-state index in [0.29, 0.717) is 0 Å². The molecule has 1 atom stereocenters. The number of fused-ring (bicyclic) bond motifs is 1. The van der Waals surface area contributed by atoms with E-state index in [4.69, 9.17) is 0 Å². The van der Waals surface area contributed by atoms with Gasteiger partial charge in [-0.25, -0.2) is 0 Å². The molecule has 0 amide bonds. The Morgan fingerprint density at radius 1 is 1.25 bits per heavy atom. The lowest BCUT2D eigenvalue weighted by atomic mass is 9.90. The second-order valence-electron chi connectivity index (χ2n) is 3.11. The van der Waals surface area contributed by atoms with E-state index < -0.39 is 0 Å². The third-order valence-corrected chi connectivity index (χ3v) is 2.34. The fraction of sp³-hybridized carbons (Fsp3) is 0.400. The molecule has 2 rings (SSSR count). The first-order valence-electron chi connectivity index (χ1n) is 4.14. The van der Waals surface area contributed by atoms with Crippen LogP contribution in [-0.4, -0.2) is 5.11 Å². The van der Waals surface area contributed by atoms with Crippen LogP contribution in [0.4, 0.5) is 0 Å². The average molecular weight is 229 g/mol. The van der Waals surface area contributed by atoms with Crippen molar-refractivity contribution in [2.75, 3.05) is 0 Å². The van der Waals surface area contributed by atoms with Crippen molar-refractivity contribution in [3.8, 4) is 0 Å². The number of aliphatic hydroxyl groups excluding tert-OH is 1. The number of aliphatic hydroxyl groups is 1. The molecule has 0 saturated heterocycles. The van der Waals surface area contributed by atoms with Crippen LogP contribution >= 0.6 is 17.0 Å². The van der Waals surface area contributed by atoms with Crippen molar-refractivity contribution < 1.29 is 5.11 Å². The van der Waals surface area contributed by atoms with E-state index in [1.165, 1.54) is 5.56 Å². The quantitative estimate of drug-likeness (QED) is 0.725. The summed E-state index contributed by atoms with van der Waals surface area (Å²) in [5, 5.41) is 9.56. The molecule has 66 valence electrons. The molecule has 0 saturated carbocycles. The summed E-state index contributed by atoms with van der Waals surface area (Å²) in [6, 6.07) is 8.17. The molecule has 0 heterocycles. The summed E-state index contributed by atoms with van der Waals surface area (Å²) in [6.45, 7) is 0. The van der Waals surface area contributed by atoms with Crippen molar-refractivity contribution in [2.45, 2.75) is 25.4 Å². The van der Waals surface area contributed by atoms with Gasteiger partial charge in [0.2, 0.25) is 0 Å². The van der Waals surface area contributed by atoms with Crippen LogP contribution in [0.15, 0.2) is 24.3 Å². The Balaban J connectivity index is 0.000000720. The first-order valence-corrected chi connectivity index (χ1v) is 4.14. The zero-order chi connectivity index (χ0) is 7.68. The summed E-state index contributed by atoms with van der Waals surface area (Å²) in [5.41, 5.74) is 2.46. The predicted molar refractivity (Wildman–Crippen MR) is 54.7 cm³/mol. The summed E-state index contributed by atoms with van der Waals surface area (Å²) in [7, 11) is 0. The van der Waals surface area contributed by atoms with Gasteiger partial charge in [-0.05, 0) is 30.4 Å². The van der Waals surface area contributed by atoms with Gasteiger partial charge in [-0.1, -0.05) is 24.3 Å². The summed E-state index contributed by atoms with van der Waals surface area (Å²) >= 11 is 0. The van der Waals surface area contributed by atoms with Gasteiger partial charge in [-0.3, -0.25) is 0 Å². The van der Waals surface area contributed by atoms with Crippen molar-refractivity contribution >= 4 is 17.0 Å². The minimum atomic E-state index is -0.208. The molecule has 1 aromatic rings. The lowest BCUT2D eigenvalue weighted by molar-refractivity contribution is 0.156. The van der Waals surface area contributed by atoms with Crippen LogP contribution in [0.2, 0.25) is 0 Å². The molecule has 0 radical (unpaired) electrons. The lowest BCUT2D eigenvalue weighted by Crippen LogP contribution is -2.08. The fourth-order valence-corrected chi connectivity index (χ4v) is 1.73. The Bertz CT molecular complexity index is 260. The van der Waals surface area contributed by atoms with Crippen LogP contribution in [0.25, 0.3) is 0 Å². The topological polar surface area (TPSA) is 20.2 Å². The van der Waals surface area contributed by atoms with E-state index in [-0.39, 0.29) is 23.1 Å². The predicted octanol–water partition coefficient (Wildman–Crippen LogP) is 2.63. The van der Waals surface area contributed by atoms with Crippen molar-refractivity contribution in [3.05, 3.63) is 35.4 Å². The molecule has 0 aliphatic heterocycles. The van der Waals surface area contributed by atoms with Crippen LogP contribution < -0.4 is 0 Å². The molecular formula is C10H13BrO. The van der Waals surface area contributed by atoms with Gasteiger partial charge in [0, 0.05) is 0 Å². The molecule has 12 heavy (non-hydrogen) atoms. The normalized spacial score (nSPS) is 20.9. The van der Waals surface area contributed by atoms with Crippen molar-refractivity contribution in [3.63, 3.8) is 0 Å². The third-order valence-electron chi connectivity index (χ3n) is 2.34. The maximum Gasteiger partial charge on any atom is 0.0792 e. The van der Waals surface area contributed by atoms with Gasteiger partial charge < -0.3 is 5.11 Å². The highest BCUT2D eigenvalue weighted by molar-refractivity contribution is 8.93. The van der Waals surface area contributed by atoms with Gasteiger partial charge >= 0.3 is 0 Å². The number of halogens is 1. The Labute approximate surface area is 83.2 Å². The molecule has 1 nitrogen and oxygen atoms in total. The van der Waals surface area contributed by atoms with Gasteiger partial charge in [0.05, 0.1) is 6.10 Å². The number of hydrogen-bond acceptors (Lipinski definition) is 1. The van der Waals surface area contributed by atoms with Crippen LogP contribution in [-0.2, 0) is 6.42 Å². The number of rotatable bonds is 0. The SMILES string of the molecule is Br.OC1CCCc2ccccc21. The molecule has 1 aromatic carbocycles. The van der Waals surface area contributed by atoms with E-state index in [0.717, 1.165) is 24.8 Å². The van der Waals surface area contributed by atoms with Gasteiger partial charge in [-0.15, -0.1) is 17.0 Å². The van der Waals surface area contributed by atoms with Crippen LogP contribution in [0.1, 0.15) is 30.1 Å². The fourth-order valence-electron chi connectivity index (χ4n) is 1.73. The van der Waals surface area contributed by atoms with E-state index in [2.05, 4.69) is 6.07 Å². The third kappa shape index (κ3) is 1.70. The maximum atomic E-state index is 9.56. The van der Waals surface area contributed by atoms with Crippen molar-refractivity contribution in [2.24, 2.45) is 0 Å². The molecule has 0 spiro atoms. The molecule has 0 fully saturated rings. The number of hydrogen-bond donors (Lipinski definition) is 1. The second-order valence-corrected chi connectivity index (χ2v) is 3.11. The summed E-state index contributed by atoms with van der Waals surface area (Å²) < 4.78 is 0.